The minimum absolute atomic E-state index is 0.168. The van der Waals surface area contributed by atoms with Crippen molar-refractivity contribution in [3.63, 3.8) is 0 Å². The fourth-order valence-electron chi connectivity index (χ4n) is 1.15. The van der Waals surface area contributed by atoms with Crippen LogP contribution in [0.1, 0.15) is 16.7 Å². The molecule has 1 aromatic carbocycles. The smallest absolute Gasteiger partial charge is 0.107 e. The van der Waals surface area contributed by atoms with Crippen LogP contribution in [0, 0.1) is 6.92 Å². The summed E-state index contributed by atoms with van der Waals surface area (Å²) in [6.07, 6.45) is 0. The minimum atomic E-state index is 0.168. The highest BCUT2D eigenvalue weighted by molar-refractivity contribution is 5.30. The fourth-order valence-corrected chi connectivity index (χ4v) is 1.15. The third kappa shape index (κ3) is 2.78. The van der Waals surface area contributed by atoms with E-state index in [1.807, 2.05) is 19.1 Å². The monoisotopic (exact) mass is 184 g/mol. The number of hydrogen-bond donors (Lipinski definition) is 2. The third-order valence-electron chi connectivity index (χ3n) is 1.86. The van der Waals surface area contributed by atoms with Crippen molar-refractivity contribution in [3.8, 4) is 0 Å². The van der Waals surface area contributed by atoms with E-state index in [-0.39, 0.29) is 13.2 Å². The lowest BCUT2D eigenvalue weighted by atomic mass is 10.1. The highest BCUT2D eigenvalue weighted by Crippen LogP contribution is 2.12. The van der Waals surface area contributed by atoms with Crippen LogP contribution in [0.15, 0.2) is 18.2 Å². The second kappa shape index (κ2) is 4.94. The van der Waals surface area contributed by atoms with Crippen molar-refractivity contribution in [2.24, 2.45) is 0 Å². The first-order valence-corrected chi connectivity index (χ1v) is 3.89. The Morgan fingerprint density at radius 3 is 2.38 bits per heavy atom. The molecule has 0 aromatic heterocycles. The molecule has 4 nitrogen and oxygen atoms in total. The first-order valence-electron chi connectivity index (χ1n) is 3.89. The third-order valence-corrected chi connectivity index (χ3v) is 1.86. The summed E-state index contributed by atoms with van der Waals surface area (Å²) in [6.45, 7) is 2.24. The molecule has 4 heteroatoms. The lowest BCUT2D eigenvalue weighted by molar-refractivity contribution is -0.253. The average molecular weight is 184 g/mol. The molecule has 72 valence electrons. The minimum Gasteiger partial charge on any atom is -0.251 e. The fraction of sp³-hybridized carbons (Fsp3) is 0.333. The topological polar surface area (TPSA) is 58.9 Å². The Hall–Kier alpha value is -0.940. The van der Waals surface area contributed by atoms with Gasteiger partial charge in [-0.2, -0.15) is 0 Å². The zero-order chi connectivity index (χ0) is 9.68. The molecule has 1 aromatic rings. The van der Waals surface area contributed by atoms with Gasteiger partial charge in [0.05, 0.1) is 0 Å². The van der Waals surface area contributed by atoms with Crippen molar-refractivity contribution in [1.29, 1.82) is 0 Å². The van der Waals surface area contributed by atoms with Gasteiger partial charge in [0.1, 0.15) is 13.2 Å². The van der Waals surface area contributed by atoms with Gasteiger partial charge in [0.25, 0.3) is 0 Å². The molecule has 0 atom stereocenters. The van der Waals surface area contributed by atoms with Gasteiger partial charge in [-0.1, -0.05) is 18.2 Å². The van der Waals surface area contributed by atoms with Gasteiger partial charge in [0.2, 0.25) is 0 Å². The Balaban J connectivity index is 2.79. The largest absolute Gasteiger partial charge is 0.251 e. The van der Waals surface area contributed by atoms with Crippen LogP contribution in [0.2, 0.25) is 0 Å². The van der Waals surface area contributed by atoms with Crippen LogP contribution < -0.4 is 0 Å². The van der Waals surface area contributed by atoms with E-state index in [0.29, 0.717) is 0 Å². The lowest BCUT2D eigenvalue weighted by Gasteiger charge is -2.05. The van der Waals surface area contributed by atoms with E-state index < -0.39 is 0 Å². The zero-order valence-corrected chi connectivity index (χ0v) is 7.36. The van der Waals surface area contributed by atoms with E-state index in [9.17, 15) is 0 Å². The number of hydrogen-bond acceptors (Lipinski definition) is 4. The summed E-state index contributed by atoms with van der Waals surface area (Å²) in [6, 6.07) is 5.49. The van der Waals surface area contributed by atoms with E-state index in [0.717, 1.165) is 16.7 Å². The summed E-state index contributed by atoms with van der Waals surface area (Å²) < 4.78 is 0. The maximum absolute atomic E-state index is 8.25. The van der Waals surface area contributed by atoms with Crippen LogP contribution in [-0.4, -0.2) is 10.5 Å². The molecule has 13 heavy (non-hydrogen) atoms. The van der Waals surface area contributed by atoms with Gasteiger partial charge in [-0.15, -0.1) is 0 Å². The molecule has 0 bridgehead atoms. The zero-order valence-electron chi connectivity index (χ0n) is 7.36. The molecule has 2 N–H and O–H groups in total. The Morgan fingerprint density at radius 1 is 1.15 bits per heavy atom. The SMILES string of the molecule is Cc1cc(COO)ccc1COO. The highest BCUT2D eigenvalue weighted by atomic mass is 17.1. The van der Waals surface area contributed by atoms with Crippen LogP contribution in [0.25, 0.3) is 0 Å². The summed E-state index contributed by atoms with van der Waals surface area (Å²) in [7, 11) is 0. The predicted molar refractivity (Wildman–Crippen MR) is 46.0 cm³/mol. The Bertz CT molecular complexity index is 272. The summed E-state index contributed by atoms with van der Waals surface area (Å²) >= 11 is 0. The van der Waals surface area contributed by atoms with Crippen molar-refractivity contribution in [1.82, 2.24) is 0 Å². The summed E-state index contributed by atoms with van der Waals surface area (Å²) in [5.74, 6) is 0. The summed E-state index contributed by atoms with van der Waals surface area (Å²) in [5, 5.41) is 16.5. The van der Waals surface area contributed by atoms with E-state index in [1.54, 1.807) is 6.07 Å². The van der Waals surface area contributed by atoms with E-state index in [1.165, 1.54) is 0 Å². The first-order chi connectivity index (χ1) is 6.27. The van der Waals surface area contributed by atoms with Crippen LogP contribution in [0.3, 0.4) is 0 Å². The van der Waals surface area contributed by atoms with Crippen LogP contribution in [0.4, 0.5) is 0 Å². The van der Waals surface area contributed by atoms with Crippen molar-refractivity contribution in [2.45, 2.75) is 20.1 Å². The van der Waals surface area contributed by atoms with Gasteiger partial charge in [0, 0.05) is 0 Å². The molecule has 0 fully saturated rings. The van der Waals surface area contributed by atoms with Crippen molar-refractivity contribution in [2.75, 3.05) is 0 Å². The molecular formula is C9H12O4. The van der Waals surface area contributed by atoms with E-state index in [4.69, 9.17) is 10.5 Å². The second-order valence-corrected chi connectivity index (χ2v) is 2.81. The number of rotatable bonds is 4. The lowest BCUT2D eigenvalue weighted by Crippen LogP contribution is -1.95. The van der Waals surface area contributed by atoms with Gasteiger partial charge in [-0.25, -0.2) is 9.78 Å². The van der Waals surface area contributed by atoms with Gasteiger partial charge >= 0.3 is 0 Å². The van der Waals surface area contributed by atoms with Gasteiger partial charge < -0.3 is 0 Å². The molecule has 0 aliphatic heterocycles. The van der Waals surface area contributed by atoms with Crippen molar-refractivity contribution >= 4 is 0 Å². The Labute approximate surface area is 76.2 Å². The Morgan fingerprint density at radius 2 is 1.85 bits per heavy atom. The average Bonchev–Trinajstić information content (AvgIpc) is 2.10. The Kier molecular flexibility index (Phi) is 3.85. The van der Waals surface area contributed by atoms with Crippen LogP contribution >= 0.6 is 0 Å². The highest BCUT2D eigenvalue weighted by Gasteiger charge is 2.00. The molecule has 0 aliphatic carbocycles. The molecular weight excluding hydrogens is 172 g/mol. The van der Waals surface area contributed by atoms with Crippen LogP contribution in [0.5, 0.6) is 0 Å². The van der Waals surface area contributed by atoms with Crippen molar-refractivity contribution in [3.05, 3.63) is 34.9 Å². The van der Waals surface area contributed by atoms with E-state index >= 15 is 0 Å². The van der Waals surface area contributed by atoms with Gasteiger partial charge in [-0.3, -0.25) is 10.5 Å². The second-order valence-electron chi connectivity index (χ2n) is 2.81. The van der Waals surface area contributed by atoms with Gasteiger partial charge in [0.15, 0.2) is 0 Å². The molecule has 0 spiro atoms. The molecule has 1 rings (SSSR count). The quantitative estimate of drug-likeness (QED) is 0.554. The normalized spacial score (nSPS) is 10.4. The summed E-state index contributed by atoms with van der Waals surface area (Å²) in [5.41, 5.74) is 2.77. The molecule has 0 amide bonds. The molecule has 0 saturated heterocycles. The molecule has 0 aliphatic rings. The molecule has 0 heterocycles. The van der Waals surface area contributed by atoms with Crippen molar-refractivity contribution < 1.29 is 20.3 Å². The van der Waals surface area contributed by atoms with Crippen LogP contribution in [-0.2, 0) is 23.0 Å². The van der Waals surface area contributed by atoms with E-state index in [2.05, 4.69) is 9.78 Å². The molecule has 0 saturated carbocycles. The maximum atomic E-state index is 8.25. The number of aryl methyl sites for hydroxylation is 1. The molecule has 0 unspecified atom stereocenters. The standard InChI is InChI=1S/C9H12O4/c1-7-4-8(5-12-10)2-3-9(7)6-13-11/h2-4,10-11H,5-6H2,1H3. The predicted octanol–water partition coefficient (Wildman–Crippen LogP) is 1.97. The molecule has 0 radical (unpaired) electrons. The van der Waals surface area contributed by atoms with Gasteiger partial charge in [-0.05, 0) is 23.6 Å². The maximum Gasteiger partial charge on any atom is 0.107 e. The first kappa shape index (κ1) is 10.1. The summed E-state index contributed by atoms with van der Waals surface area (Å²) in [4.78, 5) is 8.03. The number of benzene rings is 1.